The molecule has 2 saturated carbocycles. The molecule has 0 unspecified atom stereocenters. The quantitative estimate of drug-likeness (QED) is 0.266. The van der Waals surface area contributed by atoms with Gasteiger partial charge in [0.25, 0.3) is 0 Å². The van der Waals surface area contributed by atoms with E-state index in [9.17, 15) is 27.9 Å². The fraction of sp³-hybridized carbons (Fsp3) is 0.529. The first kappa shape index (κ1) is 29.3. The van der Waals surface area contributed by atoms with Gasteiger partial charge in [-0.3, -0.25) is 14.5 Å². The largest absolute Gasteiger partial charge is 0.483 e. The highest BCUT2D eigenvalue weighted by molar-refractivity contribution is 5.92. The molecule has 5 aliphatic rings. The van der Waals surface area contributed by atoms with Crippen molar-refractivity contribution < 1.29 is 37.3 Å². The molecule has 0 aromatic heterocycles. The number of carbonyl (C=O) groups excluding carboxylic acids is 2. The second-order valence-electron chi connectivity index (χ2n) is 13.0. The number of rotatable bonds is 7. The van der Waals surface area contributed by atoms with Crippen molar-refractivity contribution in [3.05, 3.63) is 64.7 Å². The maximum atomic E-state index is 13.7. The summed E-state index contributed by atoms with van der Waals surface area (Å²) in [5.41, 5.74) is -0.407. The van der Waals surface area contributed by atoms with Gasteiger partial charge in [0.2, 0.25) is 5.91 Å². The molecule has 2 bridgehead atoms. The Morgan fingerprint density at radius 1 is 1.18 bits per heavy atom. The average molecular weight is 611 g/mol. The molecule has 3 aliphatic carbocycles. The SMILES string of the molecule is CCN(C(=O)C=Cc1cccc(C(F)(F)F)c1)[C@@H]1CC[C@@]2(O)[C@H]3Cc4ccc(OC(C)=O)c5c4[C@@]2(CCN3CC2CC2)[C@H]1O5. The van der Waals surface area contributed by atoms with E-state index in [2.05, 4.69) is 4.90 Å². The Hall–Kier alpha value is -3.37. The van der Waals surface area contributed by atoms with Gasteiger partial charge in [0.05, 0.1) is 22.6 Å². The molecule has 44 heavy (non-hydrogen) atoms. The molecule has 1 saturated heterocycles. The summed E-state index contributed by atoms with van der Waals surface area (Å²) in [6, 6.07) is 8.13. The third kappa shape index (κ3) is 4.47. The number of benzene rings is 2. The second-order valence-corrected chi connectivity index (χ2v) is 13.0. The van der Waals surface area contributed by atoms with Gasteiger partial charge in [-0.15, -0.1) is 0 Å². The minimum Gasteiger partial charge on any atom is -0.483 e. The van der Waals surface area contributed by atoms with E-state index in [-0.39, 0.29) is 17.5 Å². The first-order chi connectivity index (χ1) is 21.0. The number of piperidine rings is 1. The van der Waals surface area contributed by atoms with E-state index < -0.39 is 40.9 Å². The molecule has 3 fully saturated rings. The lowest BCUT2D eigenvalue weighted by Crippen LogP contribution is -2.78. The van der Waals surface area contributed by atoms with Crippen molar-refractivity contribution >= 4 is 18.0 Å². The number of likely N-dealkylation sites (tertiary alicyclic amines) is 1. The van der Waals surface area contributed by atoms with Gasteiger partial charge in [0.15, 0.2) is 11.5 Å². The van der Waals surface area contributed by atoms with Crippen LogP contribution >= 0.6 is 0 Å². The van der Waals surface area contributed by atoms with Crippen molar-refractivity contribution in [3.63, 3.8) is 0 Å². The van der Waals surface area contributed by atoms with E-state index in [0.29, 0.717) is 49.6 Å². The number of alkyl halides is 3. The molecule has 10 heteroatoms. The topological polar surface area (TPSA) is 79.3 Å². The van der Waals surface area contributed by atoms with Gasteiger partial charge < -0.3 is 19.5 Å². The van der Waals surface area contributed by atoms with Gasteiger partial charge in [-0.1, -0.05) is 18.2 Å². The summed E-state index contributed by atoms with van der Waals surface area (Å²) in [6.07, 6.45) is 2.39. The van der Waals surface area contributed by atoms with Gasteiger partial charge in [0, 0.05) is 37.7 Å². The van der Waals surface area contributed by atoms with Crippen LogP contribution < -0.4 is 9.47 Å². The van der Waals surface area contributed by atoms with Crippen molar-refractivity contribution in [1.29, 1.82) is 0 Å². The fourth-order valence-electron chi connectivity index (χ4n) is 8.63. The molecular weight excluding hydrogens is 573 g/mol. The zero-order valence-corrected chi connectivity index (χ0v) is 24.9. The lowest BCUT2D eigenvalue weighted by atomic mass is 9.48. The van der Waals surface area contributed by atoms with Crippen molar-refractivity contribution in [1.82, 2.24) is 9.80 Å². The van der Waals surface area contributed by atoms with E-state index in [0.717, 1.165) is 36.3 Å². The van der Waals surface area contributed by atoms with Crippen LogP contribution in [0, 0.1) is 5.92 Å². The third-order valence-electron chi connectivity index (χ3n) is 10.6. The number of nitrogens with zero attached hydrogens (tertiary/aromatic N) is 2. The summed E-state index contributed by atoms with van der Waals surface area (Å²) in [5, 5.41) is 12.8. The zero-order chi connectivity index (χ0) is 31.0. The van der Waals surface area contributed by atoms with Crippen LogP contribution in [0.4, 0.5) is 13.2 Å². The Labute approximate surface area is 254 Å². The Balaban J connectivity index is 1.25. The number of ether oxygens (including phenoxy) is 2. The third-order valence-corrected chi connectivity index (χ3v) is 10.6. The second kappa shape index (κ2) is 10.3. The van der Waals surface area contributed by atoms with Gasteiger partial charge in [-0.2, -0.15) is 13.2 Å². The van der Waals surface area contributed by atoms with E-state index >= 15 is 0 Å². The predicted octanol–water partition coefficient (Wildman–Crippen LogP) is 5.13. The van der Waals surface area contributed by atoms with Gasteiger partial charge in [0.1, 0.15) is 6.10 Å². The molecule has 1 N–H and O–H groups in total. The van der Waals surface area contributed by atoms with Crippen LogP contribution in [0.2, 0.25) is 0 Å². The summed E-state index contributed by atoms with van der Waals surface area (Å²) < 4.78 is 52.1. The first-order valence-corrected chi connectivity index (χ1v) is 15.6. The molecule has 0 radical (unpaired) electrons. The van der Waals surface area contributed by atoms with E-state index in [4.69, 9.17) is 9.47 Å². The minimum absolute atomic E-state index is 0.0893. The van der Waals surface area contributed by atoms with Gasteiger partial charge >= 0.3 is 12.1 Å². The molecule has 7 nitrogen and oxygen atoms in total. The number of hydrogen-bond acceptors (Lipinski definition) is 6. The Morgan fingerprint density at radius 2 is 1.98 bits per heavy atom. The smallest absolute Gasteiger partial charge is 0.416 e. The average Bonchev–Trinajstić information content (AvgIpc) is 3.72. The number of esters is 1. The summed E-state index contributed by atoms with van der Waals surface area (Å²) in [4.78, 5) is 29.9. The van der Waals surface area contributed by atoms with Crippen LogP contribution in [0.3, 0.4) is 0 Å². The summed E-state index contributed by atoms with van der Waals surface area (Å²) in [5.74, 6) is 0.654. The maximum absolute atomic E-state index is 13.7. The lowest BCUT2D eigenvalue weighted by Gasteiger charge is -2.64. The molecule has 1 amide bonds. The molecule has 2 heterocycles. The lowest BCUT2D eigenvalue weighted by molar-refractivity contribution is -0.201. The normalized spacial score (nSPS) is 30.5. The fourth-order valence-corrected chi connectivity index (χ4v) is 8.63. The summed E-state index contributed by atoms with van der Waals surface area (Å²) >= 11 is 0. The molecule has 234 valence electrons. The van der Waals surface area contributed by atoms with Crippen molar-refractivity contribution in [2.24, 2.45) is 5.92 Å². The zero-order valence-electron chi connectivity index (χ0n) is 24.9. The highest BCUT2D eigenvalue weighted by Crippen LogP contribution is 2.66. The number of halogens is 3. The summed E-state index contributed by atoms with van der Waals surface area (Å²) in [7, 11) is 0. The molecule has 2 aromatic carbocycles. The van der Waals surface area contributed by atoms with Crippen LogP contribution in [0.5, 0.6) is 11.5 Å². The number of carbonyl (C=O) groups is 2. The first-order valence-electron chi connectivity index (χ1n) is 15.6. The van der Waals surface area contributed by atoms with Crippen LogP contribution in [0.25, 0.3) is 6.08 Å². The molecule has 2 aliphatic heterocycles. The van der Waals surface area contributed by atoms with Gasteiger partial charge in [-0.25, -0.2) is 0 Å². The standard InChI is InChI=1S/C34H37F3N2O5/c1-3-39(28(41)12-9-21-5-4-6-24(17-21)34(35,36)37)25-13-14-33(42)27-18-23-10-11-26(43-20(2)40)30-29(23)32(33,31(25)44-30)15-16-38(27)19-22-7-8-22/h4-6,9-12,17,22,25,27,31,42H,3,7-8,13-16,18-19H2,1-2H3/t25-,27-,31+,32+,33-/m1/s1. The van der Waals surface area contributed by atoms with Crippen molar-refractivity contribution in [3.8, 4) is 11.5 Å². The Kier molecular flexibility index (Phi) is 6.90. The van der Waals surface area contributed by atoms with Crippen LogP contribution in [-0.2, 0) is 27.6 Å². The Bertz CT molecular complexity index is 1540. The molecule has 7 rings (SSSR count). The number of likely N-dealkylation sites (N-methyl/N-ethyl adjacent to an activating group) is 1. The maximum Gasteiger partial charge on any atom is 0.416 e. The van der Waals surface area contributed by atoms with Gasteiger partial charge in [-0.05, 0) is 93.3 Å². The van der Waals surface area contributed by atoms with Crippen LogP contribution in [0.1, 0.15) is 68.2 Å². The number of aliphatic hydroxyl groups is 1. The monoisotopic (exact) mass is 610 g/mol. The predicted molar refractivity (Wildman–Crippen MR) is 156 cm³/mol. The van der Waals surface area contributed by atoms with E-state index in [1.807, 2.05) is 13.0 Å². The van der Waals surface area contributed by atoms with Crippen molar-refractivity contribution in [2.45, 2.75) is 87.8 Å². The van der Waals surface area contributed by atoms with Crippen LogP contribution in [0.15, 0.2) is 42.5 Å². The minimum atomic E-state index is -4.48. The number of amides is 1. The highest BCUT2D eigenvalue weighted by Gasteiger charge is 2.73. The molecular formula is C34H37F3N2O5. The molecule has 1 spiro atoms. The highest BCUT2D eigenvalue weighted by atomic mass is 19.4. The number of hydrogen-bond donors (Lipinski definition) is 1. The molecule has 5 atom stereocenters. The van der Waals surface area contributed by atoms with E-state index in [1.165, 1.54) is 44.1 Å². The van der Waals surface area contributed by atoms with Crippen molar-refractivity contribution in [2.75, 3.05) is 19.6 Å². The summed E-state index contributed by atoms with van der Waals surface area (Å²) in [6.45, 7) is 5.32. The molecule has 2 aromatic rings. The Morgan fingerprint density at radius 3 is 2.68 bits per heavy atom. The van der Waals surface area contributed by atoms with Crippen LogP contribution in [-0.4, -0.2) is 70.2 Å². The van der Waals surface area contributed by atoms with E-state index in [1.54, 1.807) is 11.0 Å².